The maximum absolute atomic E-state index is 12.3. The van der Waals surface area contributed by atoms with Gasteiger partial charge in [0.05, 0.1) is 6.54 Å². The molecular formula is C13H11N3O5. The summed E-state index contributed by atoms with van der Waals surface area (Å²) >= 11 is 0. The third kappa shape index (κ3) is 2.04. The Morgan fingerprint density at radius 1 is 1.38 bits per heavy atom. The van der Waals surface area contributed by atoms with Gasteiger partial charge in [-0.05, 0) is 12.5 Å². The topological polar surface area (TPSA) is 117 Å². The largest absolute Gasteiger partial charge is 0.477 e. The molecule has 0 bridgehead atoms. The Hall–Kier alpha value is -2.77. The van der Waals surface area contributed by atoms with Crippen LogP contribution in [0, 0.1) is 0 Å². The highest BCUT2D eigenvalue weighted by Crippen LogP contribution is 2.28. The second kappa shape index (κ2) is 4.65. The molecule has 1 aromatic heterocycles. The molecule has 0 aromatic carbocycles. The lowest BCUT2D eigenvalue weighted by Gasteiger charge is -2.29. The lowest BCUT2D eigenvalue weighted by Crippen LogP contribution is -2.52. The Kier molecular flexibility index (Phi) is 2.93. The van der Waals surface area contributed by atoms with E-state index in [1.54, 1.807) is 0 Å². The van der Waals surface area contributed by atoms with Crippen molar-refractivity contribution in [3.8, 4) is 0 Å². The minimum atomic E-state index is -1.22. The fourth-order valence-corrected chi connectivity index (χ4v) is 2.67. The van der Waals surface area contributed by atoms with Gasteiger partial charge in [-0.3, -0.25) is 19.7 Å². The van der Waals surface area contributed by atoms with Gasteiger partial charge in [-0.25, -0.2) is 9.78 Å². The first kappa shape index (κ1) is 13.2. The number of piperidine rings is 1. The molecule has 8 nitrogen and oxygen atoms in total. The smallest absolute Gasteiger partial charge is 0.354 e. The van der Waals surface area contributed by atoms with Crippen LogP contribution in [0.2, 0.25) is 0 Å². The van der Waals surface area contributed by atoms with E-state index in [9.17, 15) is 19.2 Å². The second-order valence-corrected chi connectivity index (χ2v) is 4.89. The third-order valence-corrected chi connectivity index (χ3v) is 3.66. The van der Waals surface area contributed by atoms with Gasteiger partial charge in [-0.2, -0.15) is 0 Å². The van der Waals surface area contributed by atoms with E-state index >= 15 is 0 Å². The summed E-state index contributed by atoms with van der Waals surface area (Å²) < 4.78 is 0. The minimum absolute atomic E-state index is 0.00984. The van der Waals surface area contributed by atoms with Crippen LogP contribution in [-0.2, 0) is 16.1 Å². The number of aromatic carboxylic acids is 1. The quantitative estimate of drug-likeness (QED) is 0.712. The molecule has 3 amide bonds. The molecule has 0 radical (unpaired) electrons. The zero-order valence-corrected chi connectivity index (χ0v) is 10.8. The Morgan fingerprint density at radius 3 is 2.81 bits per heavy atom. The van der Waals surface area contributed by atoms with Crippen LogP contribution < -0.4 is 5.32 Å². The van der Waals surface area contributed by atoms with Crippen LogP contribution in [0.3, 0.4) is 0 Å². The summed E-state index contributed by atoms with van der Waals surface area (Å²) in [5.41, 5.74) is 0.363. The van der Waals surface area contributed by atoms with E-state index in [1.807, 2.05) is 0 Å². The summed E-state index contributed by atoms with van der Waals surface area (Å²) in [6, 6.07) is 0.681. The summed E-state index contributed by atoms with van der Waals surface area (Å²) in [7, 11) is 0. The third-order valence-electron chi connectivity index (χ3n) is 3.66. The second-order valence-electron chi connectivity index (χ2n) is 4.89. The predicted molar refractivity (Wildman–Crippen MR) is 67.2 cm³/mol. The molecule has 1 saturated heterocycles. The van der Waals surface area contributed by atoms with Crippen LogP contribution >= 0.6 is 0 Å². The molecule has 3 heterocycles. The van der Waals surface area contributed by atoms with Gasteiger partial charge in [0.15, 0.2) is 5.69 Å². The molecule has 2 aliphatic heterocycles. The van der Waals surface area contributed by atoms with Gasteiger partial charge in [-0.15, -0.1) is 0 Å². The summed E-state index contributed by atoms with van der Waals surface area (Å²) in [6.45, 7) is 0.00984. The van der Waals surface area contributed by atoms with Gasteiger partial charge in [0.2, 0.25) is 11.8 Å². The number of aromatic nitrogens is 1. The number of hydrogen-bond donors (Lipinski definition) is 2. The molecule has 108 valence electrons. The van der Waals surface area contributed by atoms with Crippen LogP contribution in [0.5, 0.6) is 0 Å². The van der Waals surface area contributed by atoms with Crippen molar-refractivity contribution in [2.75, 3.05) is 0 Å². The number of carboxylic acid groups (broad SMARTS) is 1. The first-order valence-corrected chi connectivity index (χ1v) is 6.35. The van der Waals surface area contributed by atoms with Gasteiger partial charge >= 0.3 is 5.97 Å². The highest BCUT2D eigenvalue weighted by Gasteiger charge is 2.40. The maximum atomic E-state index is 12.3. The summed E-state index contributed by atoms with van der Waals surface area (Å²) in [6.07, 6.45) is 1.65. The summed E-state index contributed by atoms with van der Waals surface area (Å²) in [4.78, 5) is 51.5. The van der Waals surface area contributed by atoms with E-state index in [1.165, 1.54) is 17.2 Å². The molecule has 1 fully saturated rings. The molecule has 3 rings (SSSR count). The van der Waals surface area contributed by atoms with Gasteiger partial charge in [0.1, 0.15) is 6.04 Å². The molecule has 1 unspecified atom stereocenters. The Balaban J connectivity index is 1.94. The number of carboxylic acids is 1. The molecule has 2 aliphatic rings. The number of hydrogen-bond acceptors (Lipinski definition) is 5. The van der Waals surface area contributed by atoms with Crippen molar-refractivity contribution in [1.29, 1.82) is 0 Å². The van der Waals surface area contributed by atoms with Crippen LogP contribution in [0.1, 0.15) is 39.3 Å². The summed E-state index contributed by atoms with van der Waals surface area (Å²) in [5, 5.41) is 11.3. The number of nitrogens with zero attached hydrogens (tertiary/aromatic N) is 2. The Morgan fingerprint density at radius 2 is 2.14 bits per heavy atom. The van der Waals surface area contributed by atoms with Gasteiger partial charge in [-0.1, -0.05) is 0 Å². The van der Waals surface area contributed by atoms with Crippen molar-refractivity contribution in [2.45, 2.75) is 25.4 Å². The van der Waals surface area contributed by atoms with Crippen molar-refractivity contribution in [3.63, 3.8) is 0 Å². The molecule has 0 spiro atoms. The van der Waals surface area contributed by atoms with E-state index in [4.69, 9.17) is 5.11 Å². The van der Waals surface area contributed by atoms with E-state index < -0.39 is 23.8 Å². The molecule has 1 atom stereocenters. The fraction of sp³-hybridized carbons (Fsp3) is 0.308. The zero-order valence-electron chi connectivity index (χ0n) is 10.8. The van der Waals surface area contributed by atoms with Crippen LogP contribution in [-0.4, -0.2) is 44.7 Å². The lowest BCUT2D eigenvalue weighted by atomic mass is 10.0. The van der Waals surface area contributed by atoms with E-state index in [0.717, 1.165) is 0 Å². The number of nitrogens with one attached hydrogen (secondary N) is 1. The number of carbonyl (C=O) groups is 4. The monoisotopic (exact) mass is 289 g/mol. The predicted octanol–water partition coefficient (Wildman–Crippen LogP) is -0.459. The van der Waals surface area contributed by atoms with Crippen molar-refractivity contribution in [1.82, 2.24) is 15.2 Å². The molecule has 8 heteroatoms. The minimum Gasteiger partial charge on any atom is -0.477 e. The molecule has 21 heavy (non-hydrogen) atoms. The standard InChI is InChI=1S/C13H11N3O5/c17-9-2-1-8(11(18)15-9)16-5-7-6(12(16)19)3-4-14-10(7)13(20)21/h3-4,8H,1-2,5H2,(H,20,21)(H,15,17,18). The molecular weight excluding hydrogens is 278 g/mol. The first-order chi connectivity index (χ1) is 9.99. The molecule has 2 N–H and O–H groups in total. The Labute approximate surface area is 118 Å². The number of rotatable bonds is 2. The molecule has 0 aliphatic carbocycles. The van der Waals surface area contributed by atoms with E-state index in [-0.39, 0.29) is 36.6 Å². The first-order valence-electron chi connectivity index (χ1n) is 6.35. The highest BCUT2D eigenvalue weighted by atomic mass is 16.4. The van der Waals surface area contributed by atoms with Crippen molar-refractivity contribution in [3.05, 3.63) is 29.1 Å². The number of fused-ring (bicyclic) bond motifs is 1. The lowest BCUT2D eigenvalue weighted by molar-refractivity contribution is -0.136. The van der Waals surface area contributed by atoms with Crippen LogP contribution in [0.25, 0.3) is 0 Å². The van der Waals surface area contributed by atoms with Crippen molar-refractivity contribution >= 4 is 23.7 Å². The van der Waals surface area contributed by atoms with E-state index in [0.29, 0.717) is 5.56 Å². The number of carbonyl (C=O) groups excluding carboxylic acids is 3. The van der Waals surface area contributed by atoms with Crippen molar-refractivity contribution in [2.24, 2.45) is 0 Å². The summed E-state index contributed by atoms with van der Waals surface area (Å²) in [5.74, 6) is -2.53. The van der Waals surface area contributed by atoms with Gasteiger partial charge in [0, 0.05) is 23.7 Å². The zero-order chi connectivity index (χ0) is 15.1. The van der Waals surface area contributed by atoms with Crippen LogP contribution in [0.15, 0.2) is 12.3 Å². The molecule has 0 saturated carbocycles. The number of pyridine rings is 1. The Bertz CT molecular complexity index is 684. The van der Waals surface area contributed by atoms with Crippen LogP contribution in [0.4, 0.5) is 0 Å². The highest BCUT2D eigenvalue weighted by molar-refractivity contribution is 6.06. The fourth-order valence-electron chi connectivity index (χ4n) is 2.67. The SMILES string of the molecule is O=C1CCC(N2Cc3c(ccnc3C(=O)O)C2=O)C(=O)N1. The van der Waals surface area contributed by atoms with Gasteiger partial charge < -0.3 is 10.0 Å². The van der Waals surface area contributed by atoms with E-state index in [2.05, 4.69) is 10.3 Å². The molecule has 1 aromatic rings. The average Bonchev–Trinajstić information content (AvgIpc) is 2.76. The van der Waals surface area contributed by atoms with Crippen molar-refractivity contribution < 1.29 is 24.3 Å². The number of amides is 3. The average molecular weight is 289 g/mol. The van der Waals surface area contributed by atoms with Gasteiger partial charge in [0.25, 0.3) is 5.91 Å². The number of imide groups is 1. The normalized spacial score (nSPS) is 21.2. The maximum Gasteiger partial charge on any atom is 0.354 e.